The number of benzene rings is 1. The second-order valence-corrected chi connectivity index (χ2v) is 7.40. The smallest absolute Gasteiger partial charge is 0.240 e. The van der Waals surface area contributed by atoms with E-state index in [4.69, 9.17) is 21.1 Å². The van der Waals surface area contributed by atoms with Gasteiger partial charge in [-0.2, -0.15) is 0 Å². The summed E-state index contributed by atoms with van der Waals surface area (Å²) in [5, 5.41) is 0.401. The van der Waals surface area contributed by atoms with Gasteiger partial charge in [-0.3, -0.25) is 4.90 Å². The van der Waals surface area contributed by atoms with Gasteiger partial charge in [-0.25, -0.2) is 13.1 Å². The second-order valence-electron chi connectivity index (χ2n) is 5.23. The predicted molar refractivity (Wildman–Crippen MR) is 89.7 cm³/mol. The molecule has 23 heavy (non-hydrogen) atoms. The average molecular weight is 363 g/mol. The van der Waals surface area contributed by atoms with Gasteiger partial charge in [0.2, 0.25) is 10.0 Å². The number of nitrogens with zero attached hydrogens (tertiary/aromatic N) is 1. The maximum Gasteiger partial charge on any atom is 0.240 e. The van der Waals surface area contributed by atoms with E-state index < -0.39 is 10.0 Å². The standard InChI is InChI=1S/C15H23ClN2O4S/c1-2-22-15-12-13(4-5-14(15)16)23(19,20)17-6-3-7-18-8-10-21-11-9-18/h4-5,12,17H,2-3,6-11H2,1H3. The number of hydrogen-bond acceptors (Lipinski definition) is 5. The first kappa shape index (κ1) is 18.5. The third-order valence-corrected chi connectivity index (χ3v) is 5.33. The van der Waals surface area contributed by atoms with Crippen molar-refractivity contribution in [2.45, 2.75) is 18.2 Å². The molecule has 1 aliphatic heterocycles. The number of rotatable bonds is 8. The Morgan fingerprint density at radius 2 is 2.09 bits per heavy atom. The van der Waals surface area contributed by atoms with Crippen LogP contribution in [0.5, 0.6) is 5.75 Å². The van der Waals surface area contributed by atoms with Gasteiger partial charge in [-0.15, -0.1) is 0 Å². The highest BCUT2D eigenvalue weighted by Gasteiger charge is 2.16. The molecule has 1 aliphatic rings. The molecular formula is C15H23ClN2O4S. The fourth-order valence-electron chi connectivity index (χ4n) is 2.33. The Morgan fingerprint density at radius 3 is 2.78 bits per heavy atom. The van der Waals surface area contributed by atoms with Gasteiger partial charge in [-0.05, 0) is 32.0 Å². The Kier molecular flexibility index (Phi) is 7.10. The Hall–Kier alpha value is -0.860. The quantitative estimate of drug-likeness (QED) is 0.713. The molecule has 130 valence electrons. The molecule has 1 N–H and O–H groups in total. The molecule has 0 amide bonds. The monoisotopic (exact) mass is 362 g/mol. The van der Waals surface area contributed by atoms with Crippen LogP contribution in [0.25, 0.3) is 0 Å². The summed E-state index contributed by atoms with van der Waals surface area (Å²) in [7, 11) is -3.55. The van der Waals surface area contributed by atoms with E-state index in [0.29, 0.717) is 23.9 Å². The Labute approximate surface area is 142 Å². The molecule has 0 aromatic heterocycles. The summed E-state index contributed by atoms with van der Waals surface area (Å²) in [6.07, 6.45) is 0.755. The molecule has 0 saturated carbocycles. The van der Waals surface area contributed by atoms with Gasteiger partial charge in [0.15, 0.2) is 0 Å². The van der Waals surface area contributed by atoms with E-state index in [1.165, 1.54) is 18.2 Å². The first-order valence-electron chi connectivity index (χ1n) is 7.75. The molecule has 0 bridgehead atoms. The van der Waals surface area contributed by atoms with Crippen molar-refractivity contribution < 1.29 is 17.9 Å². The molecule has 0 spiro atoms. The van der Waals surface area contributed by atoms with E-state index in [1.807, 2.05) is 6.92 Å². The minimum atomic E-state index is -3.55. The molecule has 2 rings (SSSR count). The Morgan fingerprint density at radius 1 is 1.35 bits per heavy atom. The number of sulfonamides is 1. The van der Waals surface area contributed by atoms with Crippen LogP contribution in [0.3, 0.4) is 0 Å². The van der Waals surface area contributed by atoms with E-state index in [0.717, 1.165) is 39.3 Å². The van der Waals surface area contributed by atoms with Crippen LogP contribution in [0.1, 0.15) is 13.3 Å². The van der Waals surface area contributed by atoms with Crippen LogP contribution in [0.2, 0.25) is 5.02 Å². The van der Waals surface area contributed by atoms with Gasteiger partial charge < -0.3 is 9.47 Å². The maximum absolute atomic E-state index is 12.3. The minimum Gasteiger partial charge on any atom is -0.492 e. The number of ether oxygens (including phenoxy) is 2. The van der Waals surface area contributed by atoms with Gasteiger partial charge in [0.25, 0.3) is 0 Å². The van der Waals surface area contributed by atoms with Gasteiger partial charge in [0.1, 0.15) is 5.75 Å². The average Bonchev–Trinajstić information content (AvgIpc) is 2.55. The Bertz CT molecular complexity index is 603. The lowest BCUT2D eigenvalue weighted by Gasteiger charge is -2.26. The first-order valence-corrected chi connectivity index (χ1v) is 9.61. The third kappa shape index (κ3) is 5.61. The molecule has 1 saturated heterocycles. The van der Waals surface area contributed by atoms with E-state index in [9.17, 15) is 8.42 Å². The summed E-state index contributed by atoms with van der Waals surface area (Å²) in [5.41, 5.74) is 0. The fraction of sp³-hybridized carbons (Fsp3) is 0.600. The number of nitrogens with one attached hydrogen (secondary N) is 1. The van der Waals surface area contributed by atoms with Crippen molar-refractivity contribution in [3.63, 3.8) is 0 Å². The van der Waals surface area contributed by atoms with Crippen molar-refractivity contribution in [1.29, 1.82) is 0 Å². The second kappa shape index (κ2) is 8.84. The van der Waals surface area contributed by atoms with Gasteiger partial charge >= 0.3 is 0 Å². The normalized spacial score (nSPS) is 16.4. The van der Waals surface area contributed by atoms with Crippen LogP contribution >= 0.6 is 11.6 Å². The lowest BCUT2D eigenvalue weighted by molar-refractivity contribution is 0.0376. The molecule has 0 unspecified atom stereocenters. The summed E-state index contributed by atoms with van der Waals surface area (Å²) >= 11 is 5.98. The molecule has 1 heterocycles. The molecule has 1 fully saturated rings. The molecular weight excluding hydrogens is 340 g/mol. The molecule has 0 aliphatic carbocycles. The van der Waals surface area contributed by atoms with E-state index in [-0.39, 0.29) is 4.90 Å². The third-order valence-electron chi connectivity index (χ3n) is 3.56. The lowest BCUT2D eigenvalue weighted by Crippen LogP contribution is -2.38. The minimum absolute atomic E-state index is 0.164. The van der Waals surface area contributed by atoms with Gasteiger partial charge in [-0.1, -0.05) is 11.6 Å². The van der Waals surface area contributed by atoms with Crippen LogP contribution in [0.15, 0.2) is 23.1 Å². The SMILES string of the molecule is CCOc1cc(S(=O)(=O)NCCCN2CCOCC2)ccc1Cl. The van der Waals surface area contributed by atoms with Crippen molar-refractivity contribution in [3.05, 3.63) is 23.2 Å². The zero-order chi connectivity index (χ0) is 16.7. The fourth-order valence-corrected chi connectivity index (χ4v) is 3.60. The molecule has 0 radical (unpaired) electrons. The molecule has 8 heteroatoms. The molecule has 1 aromatic rings. The molecule has 6 nitrogen and oxygen atoms in total. The highest BCUT2D eigenvalue weighted by molar-refractivity contribution is 7.89. The first-order chi connectivity index (χ1) is 11.0. The number of halogens is 1. The van der Waals surface area contributed by atoms with E-state index in [2.05, 4.69) is 9.62 Å². The predicted octanol–water partition coefficient (Wildman–Crippen LogP) is 1.74. The van der Waals surface area contributed by atoms with E-state index in [1.54, 1.807) is 0 Å². The van der Waals surface area contributed by atoms with Crippen LogP contribution in [-0.2, 0) is 14.8 Å². The summed E-state index contributed by atoms with van der Waals surface area (Å²) in [5.74, 6) is 0.380. The van der Waals surface area contributed by atoms with Crippen molar-refractivity contribution in [3.8, 4) is 5.75 Å². The van der Waals surface area contributed by atoms with Crippen molar-refractivity contribution in [2.24, 2.45) is 0 Å². The topological polar surface area (TPSA) is 67.9 Å². The lowest BCUT2D eigenvalue weighted by atomic mass is 10.3. The number of hydrogen-bond donors (Lipinski definition) is 1. The largest absolute Gasteiger partial charge is 0.492 e. The zero-order valence-corrected chi connectivity index (χ0v) is 14.8. The van der Waals surface area contributed by atoms with Crippen LogP contribution < -0.4 is 9.46 Å². The summed E-state index contributed by atoms with van der Waals surface area (Å²) < 4.78 is 37.9. The van der Waals surface area contributed by atoms with Gasteiger partial charge in [0, 0.05) is 25.7 Å². The highest BCUT2D eigenvalue weighted by atomic mass is 35.5. The van der Waals surface area contributed by atoms with Crippen molar-refractivity contribution >= 4 is 21.6 Å². The zero-order valence-electron chi connectivity index (χ0n) is 13.3. The summed E-state index contributed by atoms with van der Waals surface area (Å²) in [6.45, 7) is 6.80. The van der Waals surface area contributed by atoms with Crippen LogP contribution in [0, 0.1) is 0 Å². The summed E-state index contributed by atoms with van der Waals surface area (Å²) in [6, 6.07) is 4.47. The maximum atomic E-state index is 12.3. The van der Waals surface area contributed by atoms with Crippen LogP contribution in [-0.4, -0.2) is 59.3 Å². The molecule has 0 atom stereocenters. The number of morpholine rings is 1. The molecule has 1 aromatic carbocycles. The van der Waals surface area contributed by atoms with Crippen LogP contribution in [0.4, 0.5) is 0 Å². The highest BCUT2D eigenvalue weighted by Crippen LogP contribution is 2.27. The Balaban J connectivity index is 1.87. The van der Waals surface area contributed by atoms with Gasteiger partial charge in [0.05, 0.1) is 29.7 Å². The van der Waals surface area contributed by atoms with E-state index >= 15 is 0 Å². The van der Waals surface area contributed by atoms with Crippen molar-refractivity contribution in [2.75, 3.05) is 46.0 Å². The summed E-state index contributed by atoms with van der Waals surface area (Å²) in [4.78, 5) is 2.43. The van der Waals surface area contributed by atoms with Crippen molar-refractivity contribution in [1.82, 2.24) is 9.62 Å².